The van der Waals surface area contributed by atoms with E-state index >= 15 is 0 Å². The van der Waals surface area contributed by atoms with Crippen molar-refractivity contribution in [1.82, 2.24) is 4.90 Å². The molecule has 2 amide bonds. The molecule has 2 heterocycles. The quantitative estimate of drug-likeness (QED) is 0.929. The Hall–Kier alpha value is -1.88. The van der Waals surface area contributed by atoms with Crippen molar-refractivity contribution in [3.8, 4) is 0 Å². The number of likely N-dealkylation sites (tertiary alicyclic amines) is 1. The number of hydrogen-bond acceptors (Lipinski definition) is 3. The zero-order chi connectivity index (χ0) is 16.1. The summed E-state index contributed by atoms with van der Waals surface area (Å²) >= 11 is 0. The standard InChI is InChI=1S/C18H24N2O3/c21-17(13-16-8-1-4-11-23-16)19-15-7-5-6-14(12-15)18(22)20-9-2-3-10-20/h5-7,12,16H,1-4,8-11,13H2,(H,19,21). The molecule has 1 atom stereocenters. The Morgan fingerprint density at radius 1 is 1.17 bits per heavy atom. The molecule has 0 aliphatic carbocycles. The monoisotopic (exact) mass is 316 g/mol. The molecule has 0 spiro atoms. The molecule has 0 saturated carbocycles. The van der Waals surface area contributed by atoms with Crippen molar-refractivity contribution in [2.75, 3.05) is 25.0 Å². The third kappa shape index (κ3) is 4.32. The van der Waals surface area contributed by atoms with Crippen LogP contribution in [0, 0.1) is 0 Å². The minimum absolute atomic E-state index is 0.0261. The summed E-state index contributed by atoms with van der Waals surface area (Å²) in [5, 5.41) is 2.89. The molecule has 1 aromatic carbocycles. The molecule has 2 aliphatic rings. The van der Waals surface area contributed by atoms with E-state index < -0.39 is 0 Å². The van der Waals surface area contributed by atoms with Crippen LogP contribution in [0.4, 0.5) is 5.69 Å². The van der Waals surface area contributed by atoms with Crippen LogP contribution in [-0.2, 0) is 9.53 Å². The number of nitrogens with one attached hydrogen (secondary N) is 1. The summed E-state index contributed by atoms with van der Waals surface area (Å²) in [4.78, 5) is 26.4. The first-order valence-corrected chi connectivity index (χ1v) is 8.53. The number of carbonyl (C=O) groups excluding carboxylic acids is 2. The Bertz CT molecular complexity index is 561. The zero-order valence-electron chi connectivity index (χ0n) is 13.4. The van der Waals surface area contributed by atoms with Gasteiger partial charge in [-0.15, -0.1) is 0 Å². The number of carbonyl (C=O) groups is 2. The van der Waals surface area contributed by atoms with Crippen LogP contribution in [0.5, 0.6) is 0 Å². The molecule has 2 fully saturated rings. The maximum Gasteiger partial charge on any atom is 0.253 e. The van der Waals surface area contributed by atoms with Crippen molar-refractivity contribution < 1.29 is 14.3 Å². The molecule has 124 valence electrons. The van der Waals surface area contributed by atoms with Gasteiger partial charge in [-0.1, -0.05) is 6.07 Å². The summed E-state index contributed by atoms with van der Waals surface area (Å²) in [5.74, 6) is -0.00288. The highest BCUT2D eigenvalue weighted by Gasteiger charge is 2.20. The summed E-state index contributed by atoms with van der Waals surface area (Å²) in [7, 11) is 0. The lowest BCUT2D eigenvalue weighted by Gasteiger charge is -2.22. The van der Waals surface area contributed by atoms with Crippen molar-refractivity contribution in [2.24, 2.45) is 0 Å². The molecular formula is C18H24N2O3. The van der Waals surface area contributed by atoms with Gasteiger partial charge in [-0.25, -0.2) is 0 Å². The number of ether oxygens (including phenoxy) is 1. The highest BCUT2D eigenvalue weighted by Crippen LogP contribution is 2.19. The van der Waals surface area contributed by atoms with E-state index in [1.165, 1.54) is 0 Å². The van der Waals surface area contributed by atoms with Crippen LogP contribution in [0.3, 0.4) is 0 Å². The summed E-state index contributed by atoms with van der Waals surface area (Å²) < 4.78 is 5.59. The molecule has 1 N–H and O–H groups in total. The van der Waals surface area contributed by atoms with Gasteiger partial charge in [0.1, 0.15) is 0 Å². The van der Waals surface area contributed by atoms with Crippen LogP contribution in [0.1, 0.15) is 48.9 Å². The molecule has 5 nitrogen and oxygen atoms in total. The number of rotatable bonds is 4. The summed E-state index contributed by atoms with van der Waals surface area (Å²) in [6, 6.07) is 7.21. The van der Waals surface area contributed by atoms with Gasteiger partial charge in [0.05, 0.1) is 12.5 Å². The molecule has 0 bridgehead atoms. The van der Waals surface area contributed by atoms with Gasteiger partial charge in [-0.05, 0) is 50.3 Å². The fourth-order valence-corrected chi connectivity index (χ4v) is 3.22. The SMILES string of the molecule is O=C(CC1CCCCO1)Nc1cccc(C(=O)N2CCCC2)c1. The van der Waals surface area contributed by atoms with Gasteiger partial charge in [0, 0.05) is 30.9 Å². The summed E-state index contributed by atoms with van der Waals surface area (Å²) in [5.41, 5.74) is 1.31. The lowest BCUT2D eigenvalue weighted by molar-refractivity contribution is -0.119. The zero-order valence-corrected chi connectivity index (χ0v) is 13.4. The maximum atomic E-state index is 12.4. The van der Waals surface area contributed by atoms with E-state index in [1.807, 2.05) is 17.0 Å². The van der Waals surface area contributed by atoms with Crippen molar-refractivity contribution in [1.29, 1.82) is 0 Å². The molecule has 0 aromatic heterocycles. The Morgan fingerprint density at radius 3 is 2.74 bits per heavy atom. The normalized spacial score (nSPS) is 21.2. The molecule has 1 aromatic rings. The summed E-state index contributed by atoms with van der Waals surface area (Å²) in [6.07, 6.45) is 5.70. The summed E-state index contributed by atoms with van der Waals surface area (Å²) in [6.45, 7) is 2.40. The second kappa shape index (κ2) is 7.59. The van der Waals surface area contributed by atoms with Gasteiger partial charge in [-0.2, -0.15) is 0 Å². The van der Waals surface area contributed by atoms with Crippen molar-refractivity contribution in [3.05, 3.63) is 29.8 Å². The van der Waals surface area contributed by atoms with E-state index in [-0.39, 0.29) is 17.9 Å². The number of hydrogen-bond donors (Lipinski definition) is 1. The van der Waals surface area contributed by atoms with E-state index in [1.54, 1.807) is 12.1 Å². The van der Waals surface area contributed by atoms with Crippen molar-refractivity contribution in [2.45, 2.75) is 44.6 Å². The first kappa shape index (κ1) is 16.0. The molecule has 5 heteroatoms. The molecule has 1 unspecified atom stereocenters. The van der Waals surface area contributed by atoms with Crippen LogP contribution in [0.15, 0.2) is 24.3 Å². The Morgan fingerprint density at radius 2 is 2.00 bits per heavy atom. The van der Waals surface area contributed by atoms with E-state index in [4.69, 9.17) is 4.74 Å². The average Bonchev–Trinajstić information content (AvgIpc) is 3.09. The molecule has 2 saturated heterocycles. The fourth-order valence-electron chi connectivity index (χ4n) is 3.22. The van der Waals surface area contributed by atoms with Gasteiger partial charge in [-0.3, -0.25) is 9.59 Å². The average molecular weight is 316 g/mol. The molecule has 3 rings (SSSR count). The van der Waals surface area contributed by atoms with E-state index in [2.05, 4.69) is 5.32 Å². The fraction of sp³-hybridized carbons (Fsp3) is 0.556. The second-order valence-electron chi connectivity index (χ2n) is 6.32. The molecule has 23 heavy (non-hydrogen) atoms. The van der Waals surface area contributed by atoms with Gasteiger partial charge < -0.3 is 15.0 Å². The van der Waals surface area contributed by atoms with Crippen LogP contribution in [0.25, 0.3) is 0 Å². The predicted molar refractivity (Wildman–Crippen MR) is 88.4 cm³/mol. The first-order valence-electron chi connectivity index (χ1n) is 8.53. The molecule has 0 radical (unpaired) electrons. The number of nitrogens with zero attached hydrogens (tertiary/aromatic N) is 1. The van der Waals surface area contributed by atoms with Gasteiger partial charge in [0.15, 0.2) is 0 Å². The third-order valence-corrected chi connectivity index (χ3v) is 4.47. The highest BCUT2D eigenvalue weighted by molar-refractivity contribution is 5.97. The van der Waals surface area contributed by atoms with Crippen LogP contribution >= 0.6 is 0 Å². The Balaban J connectivity index is 1.58. The largest absolute Gasteiger partial charge is 0.378 e. The number of benzene rings is 1. The lowest BCUT2D eigenvalue weighted by Crippen LogP contribution is -2.28. The topological polar surface area (TPSA) is 58.6 Å². The van der Waals surface area contributed by atoms with Gasteiger partial charge in [0.2, 0.25) is 5.91 Å². The molecule has 2 aliphatic heterocycles. The van der Waals surface area contributed by atoms with Crippen molar-refractivity contribution in [3.63, 3.8) is 0 Å². The third-order valence-electron chi connectivity index (χ3n) is 4.47. The van der Waals surface area contributed by atoms with E-state index in [9.17, 15) is 9.59 Å². The van der Waals surface area contributed by atoms with Crippen molar-refractivity contribution >= 4 is 17.5 Å². The number of anilines is 1. The van der Waals surface area contributed by atoms with E-state index in [0.717, 1.165) is 51.8 Å². The minimum atomic E-state index is -0.0531. The van der Waals surface area contributed by atoms with Gasteiger partial charge >= 0.3 is 0 Å². The second-order valence-corrected chi connectivity index (χ2v) is 6.32. The number of amides is 2. The highest BCUT2D eigenvalue weighted by atomic mass is 16.5. The minimum Gasteiger partial charge on any atom is -0.378 e. The first-order chi connectivity index (χ1) is 11.2. The Labute approximate surface area is 137 Å². The molecular weight excluding hydrogens is 292 g/mol. The smallest absolute Gasteiger partial charge is 0.253 e. The van der Waals surface area contributed by atoms with Crippen LogP contribution in [0.2, 0.25) is 0 Å². The predicted octanol–water partition coefficient (Wildman–Crippen LogP) is 2.82. The van der Waals surface area contributed by atoms with Crippen LogP contribution in [-0.4, -0.2) is 42.5 Å². The van der Waals surface area contributed by atoms with E-state index in [0.29, 0.717) is 17.7 Å². The van der Waals surface area contributed by atoms with Gasteiger partial charge in [0.25, 0.3) is 5.91 Å². The lowest BCUT2D eigenvalue weighted by atomic mass is 10.1. The maximum absolute atomic E-state index is 12.4. The van der Waals surface area contributed by atoms with Crippen LogP contribution < -0.4 is 5.32 Å². The Kier molecular flexibility index (Phi) is 5.28.